The molecule has 0 radical (unpaired) electrons. The van der Waals surface area contributed by atoms with E-state index >= 15 is 0 Å². The van der Waals surface area contributed by atoms with Gasteiger partial charge in [-0.2, -0.15) is 0 Å². The third-order valence-corrected chi connectivity index (χ3v) is 5.03. The van der Waals surface area contributed by atoms with Crippen LogP contribution < -0.4 is 11.0 Å². The first-order chi connectivity index (χ1) is 12.3. The molecule has 1 aliphatic rings. The van der Waals surface area contributed by atoms with Crippen LogP contribution >= 0.6 is 0 Å². The molecular weight excluding hydrogens is 312 g/mol. The zero-order chi connectivity index (χ0) is 17.1. The number of likely N-dealkylation sites (tertiary alicyclic amines) is 1. The monoisotopic (exact) mass is 336 g/mol. The Morgan fingerprint density at radius 2 is 1.76 bits per heavy atom. The van der Waals surface area contributed by atoms with E-state index in [0.717, 1.165) is 55.6 Å². The number of rotatable bonds is 5. The molecule has 4 rings (SSSR count). The van der Waals surface area contributed by atoms with Crippen molar-refractivity contribution in [2.75, 3.05) is 25.0 Å². The Hall–Kier alpha value is -2.53. The van der Waals surface area contributed by atoms with E-state index in [9.17, 15) is 4.79 Å². The predicted molar refractivity (Wildman–Crippen MR) is 102 cm³/mol. The molecule has 1 fully saturated rings. The van der Waals surface area contributed by atoms with E-state index < -0.39 is 0 Å². The third kappa shape index (κ3) is 3.94. The highest BCUT2D eigenvalue weighted by Gasteiger charge is 2.18. The summed E-state index contributed by atoms with van der Waals surface area (Å²) in [6.45, 7) is 3.40. The van der Waals surface area contributed by atoms with Crippen LogP contribution in [-0.4, -0.2) is 40.5 Å². The van der Waals surface area contributed by atoms with Gasteiger partial charge in [-0.15, -0.1) is 0 Å². The number of imidazole rings is 1. The van der Waals surface area contributed by atoms with Crippen molar-refractivity contribution in [3.63, 3.8) is 0 Å². The van der Waals surface area contributed by atoms with Crippen molar-refractivity contribution in [1.82, 2.24) is 14.9 Å². The van der Waals surface area contributed by atoms with E-state index in [1.807, 2.05) is 18.2 Å². The SMILES string of the molecule is O=c1[nH]c2ccc(NC3CCN(CCc4ccccc4)CC3)cc2[nH]1. The number of H-pyrrole nitrogens is 2. The summed E-state index contributed by atoms with van der Waals surface area (Å²) in [7, 11) is 0. The summed E-state index contributed by atoms with van der Waals surface area (Å²) < 4.78 is 0. The lowest BCUT2D eigenvalue weighted by Crippen LogP contribution is -2.40. The predicted octanol–water partition coefficient (Wildman–Crippen LogP) is 2.98. The molecule has 0 saturated carbocycles. The quantitative estimate of drug-likeness (QED) is 0.671. The molecule has 3 aromatic rings. The maximum absolute atomic E-state index is 11.4. The Morgan fingerprint density at radius 3 is 2.56 bits per heavy atom. The highest BCUT2D eigenvalue weighted by atomic mass is 16.1. The highest BCUT2D eigenvalue weighted by Crippen LogP contribution is 2.19. The van der Waals surface area contributed by atoms with Crippen LogP contribution in [0.3, 0.4) is 0 Å². The topological polar surface area (TPSA) is 63.9 Å². The average Bonchev–Trinajstić information content (AvgIpc) is 3.01. The zero-order valence-electron chi connectivity index (χ0n) is 14.3. The van der Waals surface area contributed by atoms with Gasteiger partial charge >= 0.3 is 5.69 Å². The van der Waals surface area contributed by atoms with Gasteiger partial charge < -0.3 is 20.2 Å². The van der Waals surface area contributed by atoms with Gasteiger partial charge in [0.2, 0.25) is 0 Å². The van der Waals surface area contributed by atoms with E-state index in [0.29, 0.717) is 6.04 Å². The minimum atomic E-state index is -0.154. The van der Waals surface area contributed by atoms with E-state index in [2.05, 4.69) is 50.5 Å². The molecule has 0 bridgehead atoms. The molecule has 0 unspecified atom stereocenters. The van der Waals surface area contributed by atoms with E-state index in [1.165, 1.54) is 5.56 Å². The van der Waals surface area contributed by atoms with E-state index in [-0.39, 0.29) is 5.69 Å². The average molecular weight is 336 g/mol. The molecular formula is C20H24N4O. The number of benzene rings is 2. The lowest BCUT2D eigenvalue weighted by molar-refractivity contribution is 0.221. The summed E-state index contributed by atoms with van der Waals surface area (Å²) in [5, 5.41) is 3.61. The molecule has 3 N–H and O–H groups in total. The third-order valence-electron chi connectivity index (χ3n) is 5.03. The van der Waals surface area contributed by atoms with E-state index in [1.54, 1.807) is 0 Å². The summed E-state index contributed by atoms with van der Waals surface area (Å²) in [5.74, 6) is 0. The molecule has 0 atom stereocenters. The van der Waals surface area contributed by atoms with E-state index in [4.69, 9.17) is 0 Å². The largest absolute Gasteiger partial charge is 0.382 e. The summed E-state index contributed by atoms with van der Waals surface area (Å²) in [6, 6.07) is 17.2. The number of nitrogens with one attached hydrogen (secondary N) is 3. The smallest absolute Gasteiger partial charge is 0.323 e. The molecule has 130 valence electrons. The molecule has 5 nitrogen and oxygen atoms in total. The molecule has 0 spiro atoms. The van der Waals surface area contributed by atoms with Gasteiger partial charge in [0.1, 0.15) is 0 Å². The van der Waals surface area contributed by atoms with Gasteiger partial charge in [0.05, 0.1) is 11.0 Å². The Kier molecular flexibility index (Phi) is 4.57. The second-order valence-corrected chi connectivity index (χ2v) is 6.84. The van der Waals surface area contributed by atoms with Crippen LogP contribution in [0.15, 0.2) is 53.3 Å². The number of aromatic nitrogens is 2. The Bertz CT molecular complexity index is 875. The Morgan fingerprint density at radius 1 is 1.00 bits per heavy atom. The molecule has 0 amide bonds. The fourth-order valence-corrected chi connectivity index (χ4v) is 3.59. The van der Waals surface area contributed by atoms with Crippen molar-refractivity contribution in [3.8, 4) is 0 Å². The van der Waals surface area contributed by atoms with Crippen molar-refractivity contribution in [3.05, 3.63) is 64.6 Å². The van der Waals surface area contributed by atoms with Crippen LogP contribution in [0.25, 0.3) is 11.0 Å². The highest BCUT2D eigenvalue weighted by molar-refractivity contribution is 5.78. The summed E-state index contributed by atoms with van der Waals surface area (Å²) >= 11 is 0. The minimum absolute atomic E-state index is 0.154. The molecule has 5 heteroatoms. The number of fused-ring (bicyclic) bond motifs is 1. The van der Waals surface area contributed by atoms with Gasteiger partial charge in [-0.25, -0.2) is 4.79 Å². The summed E-state index contributed by atoms with van der Waals surface area (Å²) in [4.78, 5) is 19.5. The molecule has 1 aromatic heterocycles. The number of piperidine rings is 1. The Balaban J connectivity index is 1.28. The van der Waals surface area contributed by atoms with Crippen molar-refractivity contribution >= 4 is 16.7 Å². The summed E-state index contributed by atoms with van der Waals surface area (Å²) in [5.41, 5.74) is 4.04. The van der Waals surface area contributed by atoms with Crippen molar-refractivity contribution < 1.29 is 0 Å². The van der Waals surface area contributed by atoms with Gasteiger partial charge in [0.25, 0.3) is 0 Å². The van der Waals surface area contributed by atoms with Crippen LogP contribution in [0.5, 0.6) is 0 Å². The maximum atomic E-state index is 11.4. The Labute approximate surface area is 147 Å². The normalized spacial score (nSPS) is 16.3. The van der Waals surface area contributed by atoms with Crippen molar-refractivity contribution in [2.45, 2.75) is 25.3 Å². The molecule has 1 saturated heterocycles. The fraction of sp³-hybridized carbons (Fsp3) is 0.350. The fourth-order valence-electron chi connectivity index (χ4n) is 3.59. The van der Waals surface area contributed by atoms with Crippen LogP contribution in [-0.2, 0) is 6.42 Å². The van der Waals surface area contributed by atoms with Crippen molar-refractivity contribution in [2.24, 2.45) is 0 Å². The van der Waals surface area contributed by atoms with Crippen LogP contribution in [0.1, 0.15) is 18.4 Å². The van der Waals surface area contributed by atoms with Gasteiger partial charge in [-0.3, -0.25) is 0 Å². The lowest BCUT2D eigenvalue weighted by atomic mass is 10.0. The standard InChI is InChI=1S/C20H24N4O/c25-20-22-18-7-6-17(14-19(18)23-20)21-16-9-12-24(13-10-16)11-8-15-4-2-1-3-5-15/h1-7,14,16,21H,8-13H2,(H2,22,23,25). The zero-order valence-corrected chi connectivity index (χ0v) is 14.3. The number of hydrogen-bond acceptors (Lipinski definition) is 3. The molecule has 0 aliphatic carbocycles. The number of hydrogen-bond donors (Lipinski definition) is 3. The van der Waals surface area contributed by atoms with Crippen molar-refractivity contribution in [1.29, 1.82) is 0 Å². The second kappa shape index (κ2) is 7.15. The first kappa shape index (κ1) is 16.0. The molecule has 2 heterocycles. The van der Waals surface area contributed by atoms with Gasteiger partial charge in [-0.05, 0) is 43.0 Å². The first-order valence-electron chi connectivity index (χ1n) is 9.01. The van der Waals surface area contributed by atoms with Gasteiger partial charge in [0, 0.05) is 31.4 Å². The minimum Gasteiger partial charge on any atom is -0.382 e. The second-order valence-electron chi connectivity index (χ2n) is 6.84. The maximum Gasteiger partial charge on any atom is 0.323 e. The molecule has 1 aliphatic heterocycles. The van der Waals surface area contributed by atoms with Crippen LogP contribution in [0.4, 0.5) is 5.69 Å². The van der Waals surface area contributed by atoms with Gasteiger partial charge in [-0.1, -0.05) is 30.3 Å². The van der Waals surface area contributed by atoms with Crippen LogP contribution in [0, 0.1) is 0 Å². The molecule has 25 heavy (non-hydrogen) atoms. The molecule has 2 aromatic carbocycles. The number of nitrogens with zero attached hydrogens (tertiary/aromatic N) is 1. The lowest BCUT2D eigenvalue weighted by Gasteiger charge is -2.32. The van der Waals surface area contributed by atoms with Gasteiger partial charge in [0.15, 0.2) is 0 Å². The number of aromatic amines is 2. The number of anilines is 1. The first-order valence-corrected chi connectivity index (χ1v) is 9.01. The summed E-state index contributed by atoms with van der Waals surface area (Å²) in [6.07, 6.45) is 3.42. The van der Waals surface area contributed by atoms with Crippen LogP contribution in [0.2, 0.25) is 0 Å².